The van der Waals surface area contributed by atoms with Crippen molar-refractivity contribution in [2.75, 3.05) is 0 Å². The first-order valence-electron chi connectivity index (χ1n) is 4.81. The molecule has 0 saturated heterocycles. The fraction of sp³-hybridized carbons (Fsp3) is 0.700. The van der Waals surface area contributed by atoms with E-state index in [4.69, 9.17) is 0 Å². The average molecular weight is 164 g/mol. The minimum absolute atomic E-state index is 0.904. The highest BCUT2D eigenvalue weighted by Gasteiger charge is 2.19. The second-order valence-corrected chi connectivity index (χ2v) is 3.76. The van der Waals surface area contributed by atoms with E-state index in [9.17, 15) is 0 Å². The highest BCUT2D eigenvalue weighted by molar-refractivity contribution is 5.21. The summed E-state index contributed by atoms with van der Waals surface area (Å²) in [4.78, 5) is 0. The van der Waals surface area contributed by atoms with Crippen molar-refractivity contribution in [2.24, 2.45) is 13.0 Å². The van der Waals surface area contributed by atoms with E-state index < -0.39 is 0 Å². The summed E-state index contributed by atoms with van der Waals surface area (Å²) in [5.41, 5.74) is 2.94. The maximum absolute atomic E-state index is 4.28. The second-order valence-electron chi connectivity index (χ2n) is 3.76. The second kappa shape index (κ2) is 2.92. The Labute approximate surface area is 73.6 Å². The number of rotatable bonds is 1. The SMILES string of the molecule is CCC1CCc2c(cnn2C)C1. The van der Waals surface area contributed by atoms with E-state index in [1.807, 2.05) is 17.9 Å². The molecule has 12 heavy (non-hydrogen) atoms. The van der Waals surface area contributed by atoms with Crippen molar-refractivity contribution < 1.29 is 0 Å². The van der Waals surface area contributed by atoms with Crippen LogP contribution in [-0.4, -0.2) is 9.78 Å². The van der Waals surface area contributed by atoms with Gasteiger partial charge in [0, 0.05) is 12.7 Å². The van der Waals surface area contributed by atoms with Crippen molar-refractivity contribution in [1.82, 2.24) is 9.78 Å². The fourth-order valence-corrected chi connectivity index (χ4v) is 2.10. The normalized spacial score (nSPS) is 22.3. The Kier molecular flexibility index (Phi) is 1.91. The molecule has 2 rings (SSSR count). The third kappa shape index (κ3) is 1.15. The average Bonchev–Trinajstić information content (AvgIpc) is 2.47. The quantitative estimate of drug-likeness (QED) is 0.620. The molecule has 1 aromatic rings. The van der Waals surface area contributed by atoms with E-state index in [2.05, 4.69) is 12.0 Å². The Bertz CT molecular complexity index is 275. The molecule has 0 bridgehead atoms. The van der Waals surface area contributed by atoms with Crippen LogP contribution in [0.15, 0.2) is 6.20 Å². The summed E-state index contributed by atoms with van der Waals surface area (Å²) in [6, 6.07) is 0. The van der Waals surface area contributed by atoms with Crippen LogP contribution in [0.2, 0.25) is 0 Å². The van der Waals surface area contributed by atoms with Crippen LogP contribution in [0.5, 0.6) is 0 Å². The lowest BCUT2D eigenvalue weighted by molar-refractivity contribution is 0.436. The minimum Gasteiger partial charge on any atom is -0.272 e. The van der Waals surface area contributed by atoms with Crippen LogP contribution < -0.4 is 0 Å². The summed E-state index contributed by atoms with van der Waals surface area (Å²) < 4.78 is 2.03. The van der Waals surface area contributed by atoms with Gasteiger partial charge in [-0.05, 0) is 30.7 Å². The summed E-state index contributed by atoms with van der Waals surface area (Å²) >= 11 is 0. The molecule has 1 aliphatic carbocycles. The van der Waals surface area contributed by atoms with E-state index in [1.165, 1.54) is 36.9 Å². The third-order valence-electron chi connectivity index (χ3n) is 3.02. The number of aromatic nitrogens is 2. The molecule has 0 N–H and O–H groups in total. The highest BCUT2D eigenvalue weighted by atomic mass is 15.3. The van der Waals surface area contributed by atoms with E-state index >= 15 is 0 Å². The van der Waals surface area contributed by atoms with Gasteiger partial charge in [-0.15, -0.1) is 0 Å². The lowest BCUT2D eigenvalue weighted by Gasteiger charge is -2.20. The molecule has 2 heteroatoms. The van der Waals surface area contributed by atoms with Gasteiger partial charge in [0.15, 0.2) is 0 Å². The zero-order chi connectivity index (χ0) is 8.55. The molecule has 0 amide bonds. The first-order valence-corrected chi connectivity index (χ1v) is 4.81. The molecule has 1 aromatic heterocycles. The summed E-state index contributed by atoms with van der Waals surface area (Å²) in [6.45, 7) is 2.28. The lowest BCUT2D eigenvalue weighted by Crippen LogP contribution is -2.14. The predicted octanol–water partition coefficient (Wildman–Crippen LogP) is 1.94. The van der Waals surface area contributed by atoms with Crippen molar-refractivity contribution in [3.63, 3.8) is 0 Å². The van der Waals surface area contributed by atoms with Crippen LogP contribution in [0.4, 0.5) is 0 Å². The standard InChI is InChI=1S/C10H16N2/c1-3-8-4-5-10-9(6-8)7-11-12(10)2/h7-8H,3-6H2,1-2H3. The molecule has 1 aliphatic rings. The number of nitrogens with zero attached hydrogens (tertiary/aromatic N) is 2. The molecule has 1 unspecified atom stereocenters. The summed E-state index contributed by atoms with van der Waals surface area (Å²) in [6.07, 6.45) is 7.18. The van der Waals surface area contributed by atoms with E-state index in [0.29, 0.717) is 0 Å². The van der Waals surface area contributed by atoms with Gasteiger partial charge in [-0.2, -0.15) is 5.10 Å². The Balaban J connectivity index is 2.24. The number of hydrogen-bond donors (Lipinski definition) is 0. The molecule has 0 saturated carbocycles. The molecule has 66 valence electrons. The van der Waals surface area contributed by atoms with Gasteiger partial charge in [-0.1, -0.05) is 13.3 Å². The topological polar surface area (TPSA) is 17.8 Å². The summed E-state index contributed by atoms with van der Waals surface area (Å²) in [7, 11) is 2.05. The molecule has 1 heterocycles. The molecule has 0 spiro atoms. The van der Waals surface area contributed by atoms with Crippen LogP contribution in [-0.2, 0) is 19.9 Å². The Morgan fingerprint density at radius 1 is 1.67 bits per heavy atom. The predicted molar refractivity (Wildman–Crippen MR) is 49.0 cm³/mol. The molecule has 0 aromatic carbocycles. The Morgan fingerprint density at radius 2 is 2.50 bits per heavy atom. The van der Waals surface area contributed by atoms with Crippen molar-refractivity contribution in [3.8, 4) is 0 Å². The first-order chi connectivity index (χ1) is 5.81. The van der Waals surface area contributed by atoms with Crippen LogP contribution in [0.1, 0.15) is 31.0 Å². The van der Waals surface area contributed by atoms with Gasteiger partial charge >= 0.3 is 0 Å². The summed E-state index contributed by atoms with van der Waals surface area (Å²) in [5, 5.41) is 4.28. The monoisotopic (exact) mass is 164 g/mol. The number of aryl methyl sites for hydroxylation is 1. The van der Waals surface area contributed by atoms with Crippen LogP contribution >= 0.6 is 0 Å². The molecule has 1 atom stereocenters. The fourth-order valence-electron chi connectivity index (χ4n) is 2.10. The van der Waals surface area contributed by atoms with Crippen LogP contribution in [0.3, 0.4) is 0 Å². The molecule has 0 aliphatic heterocycles. The summed E-state index contributed by atoms with van der Waals surface area (Å²) in [5.74, 6) is 0.904. The first kappa shape index (κ1) is 7.84. The maximum atomic E-state index is 4.28. The maximum Gasteiger partial charge on any atom is 0.0524 e. The van der Waals surface area contributed by atoms with Gasteiger partial charge in [-0.3, -0.25) is 4.68 Å². The molecular weight excluding hydrogens is 148 g/mol. The smallest absolute Gasteiger partial charge is 0.0524 e. The highest BCUT2D eigenvalue weighted by Crippen LogP contribution is 2.26. The van der Waals surface area contributed by atoms with Gasteiger partial charge < -0.3 is 0 Å². The molecular formula is C10H16N2. The van der Waals surface area contributed by atoms with Gasteiger partial charge in [0.05, 0.1) is 6.20 Å². The van der Waals surface area contributed by atoms with Gasteiger partial charge in [0.2, 0.25) is 0 Å². The number of hydrogen-bond acceptors (Lipinski definition) is 1. The van der Waals surface area contributed by atoms with Crippen molar-refractivity contribution in [1.29, 1.82) is 0 Å². The zero-order valence-electron chi connectivity index (χ0n) is 7.88. The lowest BCUT2D eigenvalue weighted by atomic mass is 9.86. The van der Waals surface area contributed by atoms with E-state index in [0.717, 1.165) is 5.92 Å². The van der Waals surface area contributed by atoms with Gasteiger partial charge in [0.1, 0.15) is 0 Å². The Morgan fingerprint density at radius 3 is 3.25 bits per heavy atom. The zero-order valence-corrected chi connectivity index (χ0v) is 7.88. The number of fused-ring (bicyclic) bond motifs is 1. The van der Waals surface area contributed by atoms with Gasteiger partial charge in [0.25, 0.3) is 0 Å². The Hall–Kier alpha value is -0.790. The third-order valence-corrected chi connectivity index (χ3v) is 3.02. The van der Waals surface area contributed by atoms with Crippen LogP contribution in [0, 0.1) is 5.92 Å². The largest absolute Gasteiger partial charge is 0.272 e. The van der Waals surface area contributed by atoms with Gasteiger partial charge in [-0.25, -0.2) is 0 Å². The van der Waals surface area contributed by atoms with E-state index in [-0.39, 0.29) is 0 Å². The molecule has 0 fully saturated rings. The minimum atomic E-state index is 0.904. The van der Waals surface area contributed by atoms with E-state index in [1.54, 1.807) is 0 Å². The van der Waals surface area contributed by atoms with Crippen molar-refractivity contribution in [2.45, 2.75) is 32.6 Å². The van der Waals surface area contributed by atoms with Crippen molar-refractivity contribution >= 4 is 0 Å². The van der Waals surface area contributed by atoms with Crippen LogP contribution in [0.25, 0.3) is 0 Å². The van der Waals surface area contributed by atoms with Crippen molar-refractivity contribution in [3.05, 3.63) is 17.5 Å². The molecule has 2 nitrogen and oxygen atoms in total. The molecule has 0 radical (unpaired) electrons.